The van der Waals surface area contributed by atoms with Crippen LogP contribution in [-0.4, -0.2) is 25.8 Å². The molecule has 0 atom stereocenters. The fourth-order valence-corrected chi connectivity index (χ4v) is 4.27. The Morgan fingerprint density at radius 2 is 1.91 bits per heavy atom. The third-order valence-corrected chi connectivity index (χ3v) is 5.66. The van der Waals surface area contributed by atoms with Gasteiger partial charge in [0.25, 0.3) is 0 Å². The van der Waals surface area contributed by atoms with Crippen molar-refractivity contribution in [3.05, 3.63) is 42.2 Å². The molecule has 0 fully saturated rings. The van der Waals surface area contributed by atoms with Crippen LogP contribution in [0.3, 0.4) is 0 Å². The van der Waals surface area contributed by atoms with Gasteiger partial charge in [0.2, 0.25) is 0 Å². The number of benzene rings is 1. The van der Waals surface area contributed by atoms with Crippen LogP contribution < -0.4 is 0 Å². The first kappa shape index (κ1) is 16.0. The Hall–Kier alpha value is -1.92. The molecule has 0 amide bonds. The lowest BCUT2D eigenvalue weighted by Crippen LogP contribution is -2.27. The highest BCUT2D eigenvalue weighted by Crippen LogP contribution is 2.40. The molecule has 118 valence electrons. The molecule has 23 heavy (non-hydrogen) atoms. The van der Waals surface area contributed by atoms with Crippen molar-refractivity contribution in [3.8, 4) is 10.4 Å². The van der Waals surface area contributed by atoms with Gasteiger partial charge in [-0.2, -0.15) is 0 Å². The number of nitrogens with zero attached hydrogens (tertiary/aromatic N) is 2. The van der Waals surface area contributed by atoms with Crippen molar-refractivity contribution in [1.29, 1.82) is 0 Å². The monoisotopic (exact) mass is 344 g/mol. The lowest BCUT2D eigenvalue weighted by molar-refractivity contribution is -0.138. The second-order valence-electron chi connectivity index (χ2n) is 5.69. The standard InChI is InChI=1S/C17H16N2O2S2/c1-10-18-14-12(15(19-10)23-17(2,3)16(20)21)9-13(22-14)11-7-5-4-6-8-11/h4-9H,1-3H3,(H,20,21). The number of aliphatic carboxylic acids is 1. The van der Waals surface area contributed by atoms with Gasteiger partial charge in [0.15, 0.2) is 0 Å². The summed E-state index contributed by atoms with van der Waals surface area (Å²) in [5.74, 6) is -0.201. The van der Waals surface area contributed by atoms with E-state index in [1.54, 1.807) is 25.2 Å². The third kappa shape index (κ3) is 3.23. The Balaban J connectivity index is 2.12. The smallest absolute Gasteiger partial charge is 0.319 e. The molecule has 1 aromatic carbocycles. The van der Waals surface area contributed by atoms with Gasteiger partial charge in [-0.1, -0.05) is 42.1 Å². The van der Waals surface area contributed by atoms with Gasteiger partial charge < -0.3 is 5.11 Å². The number of hydrogen-bond donors (Lipinski definition) is 1. The summed E-state index contributed by atoms with van der Waals surface area (Å²) in [7, 11) is 0. The number of carboxylic acids is 1. The summed E-state index contributed by atoms with van der Waals surface area (Å²) < 4.78 is -0.942. The van der Waals surface area contributed by atoms with Crippen LogP contribution in [0, 0.1) is 6.92 Å². The Bertz CT molecular complexity index is 873. The van der Waals surface area contributed by atoms with E-state index in [4.69, 9.17) is 0 Å². The quantitative estimate of drug-likeness (QED) is 0.552. The topological polar surface area (TPSA) is 63.1 Å². The molecule has 2 aromatic heterocycles. The lowest BCUT2D eigenvalue weighted by Gasteiger charge is -2.18. The summed E-state index contributed by atoms with van der Waals surface area (Å²) in [5, 5.41) is 11.0. The third-order valence-electron chi connectivity index (χ3n) is 3.39. The van der Waals surface area contributed by atoms with Gasteiger partial charge in [0.1, 0.15) is 20.4 Å². The summed E-state index contributed by atoms with van der Waals surface area (Å²) >= 11 is 2.86. The summed E-state index contributed by atoms with van der Waals surface area (Å²) in [6.45, 7) is 5.21. The number of thiophene rings is 1. The highest BCUT2D eigenvalue weighted by Gasteiger charge is 2.30. The SMILES string of the molecule is Cc1nc(SC(C)(C)C(=O)O)c2cc(-c3ccccc3)sc2n1. The van der Waals surface area contributed by atoms with E-state index >= 15 is 0 Å². The minimum atomic E-state index is -0.942. The van der Waals surface area contributed by atoms with Crippen molar-refractivity contribution < 1.29 is 9.90 Å². The zero-order chi connectivity index (χ0) is 16.6. The molecule has 3 rings (SSSR count). The lowest BCUT2D eigenvalue weighted by atomic mass is 10.2. The number of fused-ring (bicyclic) bond motifs is 1. The predicted molar refractivity (Wildman–Crippen MR) is 95.2 cm³/mol. The van der Waals surface area contributed by atoms with Crippen LogP contribution in [0.1, 0.15) is 19.7 Å². The average molecular weight is 344 g/mol. The highest BCUT2D eigenvalue weighted by atomic mass is 32.2. The van der Waals surface area contributed by atoms with Crippen LogP contribution >= 0.6 is 23.1 Å². The molecular weight excluding hydrogens is 328 g/mol. The molecule has 3 aromatic rings. The number of carbonyl (C=O) groups is 1. The van der Waals surface area contributed by atoms with Crippen LogP contribution in [0.5, 0.6) is 0 Å². The molecule has 1 N–H and O–H groups in total. The molecule has 0 aliphatic heterocycles. The van der Waals surface area contributed by atoms with Gasteiger partial charge in [0.05, 0.1) is 0 Å². The Morgan fingerprint density at radius 3 is 2.57 bits per heavy atom. The van der Waals surface area contributed by atoms with E-state index in [1.807, 2.05) is 25.1 Å². The van der Waals surface area contributed by atoms with E-state index in [0.717, 1.165) is 25.7 Å². The van der Waals surface area contributed by atoms with Gasteiger partial charge in [-0.15, -0.1) is 11.3 Å². The summed E-state index contributed by atoms with van der Waals surface area (Å²) in [6, 6.07) is 12.1. The van der Waals surface area contributed by atoms with Crippen molar-refractivity contribution >= 4 is 39.3 Å². The van der Waals surface area contributed by atoms with Gasteiger partial charge in [-0.25, -0.2) is 9.97 Å². The highest BCUT2D eigenvalue weighted by molar-refractivity contribution is 8.01. The van der Waals surface area contributed by atoms with E-state index in [9.17, 15) is 9.90 Å². The molecule has 0 radical (unpaired) electrons. The fraction of sp³-hybridized carbons (Fsp3) is 0.235. The number of carboxylic acid groups (broad SMARTS) is 1. The molecule has 4 nitrogen and oxygen atoms in total. The summed E-state index contributed by atoms with van der Waals surface area (Å²) in [6.07, 6.45) is 0. The van der Waals surface area contributed by atoms with Crippen molar-refractivity contribution in [3.63, 3.8) is 0 Å². The van der Waals surface area contributed by atoms with E-state index in [1.165, 1.54) is 11.8 Å². The molecule has 0 bridgehead atoms. The summed E-state index contributed by atoms with van der Waals surface area (Å²) in [4.78, 5) is 22.4. The van der Waals surface area contributed by atoms with Gasteiger partial charge in [-0.05, 0) is 32.4 Å². The maximum atomic E-state index is 11.4. The van der Waals surface area contributed by atoms with Crippen LogP contribution in [0.25, 0.3) is 20.7 Å². The Labute approximate surface area is 142 Å². The molecule has 0 spiro atoms. The predicted octanol–water partition coefficient (Wildman–Crippen LogP) is 4.62. The largest absolute Gasteiger partial charge is 0.480 e. The van der Waals surface area contributed by atoms with Crippen LogP contribution in [-0.2, 0) is 4.79 Å². The van der Waals surface area contributed by atoms with Gasteiger partial charge in [-0.3, -0.25) is 4.79 Å². The van der Waals surface area contributed by atoms with Crippen molar-refractivity contribution in [2.45, 2.75) is 30.5 Å². The first-order valence-electron chi connectivity index (χ1n) is 7.13. The van der Waals surface area contributed by atoms with Crippen molar-refractivity contribution in [2.24, 2.45) is 0 Å². The molecular formula is C17H16N2O2S2. The molecule has 0 aliphatic rings. The number of rotatable bonds is 4. The normalized spacial score (nSPS) is 11.8. The first-order chi connectivity index (χ1) is 10.9. The zero-order valence-electron chi connectivity index (χ0n) is 13.0. The van der Waals surface area contributed by atoms with E-state index < -0.39 is 10.7 Å². The molecule has 0 unspecified atom stereocenters. The number of hydrogen-bond acceptors (Lipinski definition) is 5. The number of thioether (sulfide) groups is 1. The Kier molecular flexibility index (Phi) is 4.12. The fourth-order valence-electron chi connectivity index (χ4n) is 2.10. The number of aryl methyl sites for hydroxylation is 1. The van der Waals surface area contributed by atoms with Crippen LogP contribution in [0.4, 0.5) is 0 Å². The van der Waals surface area contributed by atoms with Gasteiger partial charge in [0, 0.05) is 10.3 Å². The second kappa shape index (κ2) is 5.94. The molecule has 2 heterocycles. The molecule has 0 saturated carbocycles. The molecule has 0 saturated heterocycles. The van der Waals surface area contributed by atoms with E-state index in [-0.39, 0.29) is 0 Å². The van der Waals surface area contributed by atoms with E-state index in [2.05, 4.69) is 28.2 Å². The average Bonchev–Trinajstić information content (AvgIpc) is 2.91. The minimum absolute atomic E-state index is 0.655. The number of aromatic nitrogens is 2. The van der Waals surface area contributed by atoms with Crippen LogP contribution in [0.2, 0.25) is 0 Å². The first-order valence-corrected chi connectivity index (χ1v) is 8.76. The van der Waals surface area contributed by atoms with Crippen molar-refractivity contribution in [1.82, 2.24) is 9.97 Å². The van der Waals surface area contributed by atoms with E-state index in [0.29, 0.717) is 5.82 Å². The molecule has 0 aliphatic carbocycles. The van der Waals surface area contributed by atoms with Crippen LogP contribution in [0.15, 0.2) is 41.4 Å². The summed E-state index contributed by atoms with van der Waals surface area (Å²) in [5.41, 5.74) is 1.13. The maximum Gasteiger partial charge on any atom is 0.319 e. The van der Waals surface area contributed by atoms with Crippen molar-refractivity contribution in [2.75, 3.05) is 0 Å². The minimum Gasteiger partial charge on any atom is -0.480 e. The zero-order valence-corrected chi connectivity index (χ0v) is 14.7. The van der Waals surface area contributed by atoms with Gasteiger partial charge >= 0.3 is 5.97 Å². The molecule has 6 heteroatoms. The Morgan fingerprint density at radius 1 is 1.22 bits per heavy atom. The second-order valence-corrected chi connectivity index (χ2v) is 8.33. The maximum absolute atomic E-state index is 11.4.